The van der Waals surface area contributed by atoms with Crippen molar-refractivity contribution in [2.45, 2.75) is 27.2 Å². The molecule has 1 aromatic carbocycles. The molecule has 23 heavy (non-hydrogen) atoms. The first-order valence-electron chi connectivity index (χ1n) is 8.18. The van der Waals surface area contributed by atoms with E-state index in [9.17, 15) is 9.59 Å². The lowest BCUT2D eigenvalue weighted by atomic mass is 9.97. The minimum atomic E-state index is -0.108. The maximum atomic E-state index is 12.4. The third-order valence-electron chi connectivity index (χ3n) is 4.08. The molecule has 126 valence electrons. The van der Waals surface area contributed by atoms with Gasteiger partial charge >= 0.3 is 0 Å². The minimum absolute atomic E-state index is 0.0163. The molecular weight excluding hydrogens is 290 g/mol. The number of nitrogens with one attached hydrogen (secondary N) is 1. The van der Waals surface area contributed by atoms with Gasteiger partial charge in [-0.2, -0.15) is 0 Å². The number of likely N-dealkylation sites (tertiary alicyclic amines) is 1. The topological polar surface area (TPSA) is 75.4 Å². The third kappa shape index (κ3) is 4.79. The van der Waals surface area contributed by atoms with Gasteiger partial charge in [-0.1, -0.05) is 20.8 Å². The van der Waals surface area contributed by atoms with Crippen LogP contribution in [0.5, 0.6) is 0 Å². The maximum Gasteiger partial charge on any atom is 0.253 e. The molecule has 2 amide bonds. The van der Waals surface area contributed by atoms with Crippen molar-refractivity contribution in [1.82, 2.24) is 10.2 Å². The first-order chi connectivity index (χ1) is 10.8. The second kappa shape index (κ2) is 7.13. The van der Waals surface area contributed by atoms with E-state index in [0.717, 1.165) is 19.5 Å². The van der Waals surface area contributed by atoms with E-state index in [-0.39, 0.29) is 17.2 Å². The zero-order valence-corrected chi connectivity index (χ0v) is 14.3. The van der Waals surface area contributed by atoms with Gasteiger partial charge in [0.05, 0.1) is 0 Å². The molecule has 2 rings (SSSR count). The highest BCUT2D eigenvalue weighted by Crippen LogP contribution is 2.18. The summed E-state index contributed by atoms with van der Waals surface area (Å²) in [6.07, 6.45) is 0.968. The van der Waals surface area contributed by atoms with Gasteiger partial charge in [0.2, 0.25) is 0 Å². The summed E-state index contributed by atoms with van der Waals surface area (Å²) in [5.41, 5.74) is 6.90. The molecule has 1 heterocycles. The third-order valence-corrected chi connectivity index (χ3v) is 4.08. The molecule has 3 N–H and O–H groups in total. The van der Waals surface area contributed by atoms with Crippen LogP contribution in [0.15, 0.2) is 24.3 Å². The SMILES string of the molecule is CC(C)(C)CNC(=O)c1ccc(C(=O)N2CCC(CN)C2)cc1. The number of carbonyl (C=O) groups is 2. The van der Waals surface area contributed by atoms with Gasteiger partial charge < -0.3 is 16.0 Å². The summed E-state index contributed by atoms with van der Waals surface area (Å²) in [6.45, 7) is 8.92. The Morgan fingerprint density at radius 2 is 1.83 bits per heavy atom. The smallest absolute Gasteiger partial charge is 0.253 e. The van der Waals surface area contributed by atoms with Crippen LogP contribution in [-0.2, 0) is 0 Å². The summed E-state index contributed by atoms with van der Waals surface area (Å²) in [4.78, 5) is 26.4. The fraction of sp³-hybridized carbons (Fsp3) is 0.556. The van der Waals surface area contributed by atoms with Crippen LogP contribution >= 0.6 is 0 Å². The molecule has 5 nitrogen and oxygen atoms in total. The number of hydrogen-bond donors (Lipinski definition) is 2. The van der Waals surface area contributed by atoms with E-state index < -0.39 is 0 Å². The Labute approximate surface area is 138 Å². The van der Waals surface area contributed by atoms with Crippen LogP contribution in [0, 0.1) is 11.3 Å². The summed E-state index contributed by atoms with van der Waals surface area (Å²) in [7, 11) is 0. The van der Waals surface area contributed by atoms with E-state index in [2.05, 4.69) is 26.1 Å². The second-order valence-electron chi connectivity index (χ2n) is 7.46. The van der Waals surface area contributed by atoms with Crippen molar-refractivity contribution in [2.75, 3.05) is 26.2 Å². The Kier molecular flexibility index (Phi) is 5.42. The monoisotopic (exact) mass is 317 g/mol. The van der Waals surface area contributed by atoms with Gasteiger partial charge in [-0.3, -0.25) is 9.59 Å². The first-order valence-corrected chi connectivity index (χ1v) is 8.18. The Morgan fingerprint density at radius 3 is 2.35 bits per heavy atom. The number of nitrogens with zero attached hydrogens (tertiary/aromatic N) is 1. The first kappa shape index (κ1) is 17.5. The van der Waals surface area contributed by atoms with Gasteiger partial charge in [0.25, 0.3) is 11.8 Å². The van der Waals surface area contributed by atoms with Gasteiger partial charge in [-0.05, 0) is 48.6 Å². The standard InChI is InChI=1S/C18H27N3O2/c1-18(2,3)12-20-16(22)14-4-6-15(7-5-14)17(23)21-9-8-13(10-19)11-21/h4-7,13H,8-12,19H2,1-3H3,(H,20,22). The molecule has 0 saturated carbocycles. The molecule has 0 bridgehead atoms. The van der Waals surface area contributed by atoms with Crippen LogP contribution in [0.4, 0.5) is 0 Å². The minimum Gasteiger partial charge on any atom is -0.352 e. The molecule has 1 fully saturated rings. The van der Waals surface area contributed by atoms with E-state index in [4.69, 9.17) is 5.73 Å². The lowest BCUT2D eigenvalue weighted by Gasteiger charge is -2.19. The Balaban J connectivity index is 1.96. The molecule has 1 aliphatic rings. The van der Waals surface area contributed by atoms with Crippen LogP contribution in [0.25, 0.3) is 0 Å². The van der Waals surface area contributed by atoms with Gasteiger partial charge in [0.15, 0.2) is 0 Å². The summed E-state index contributed by atoms with van der Waals surface area (Å²) >= 11 is 0. The van der Waals surface area contributed by atoms with E-state index >= 15 is 0 Å². The average molecular weight is 317 g/mol. The summed E-state index contributed by atoms with van der Waals surface area (Å²) in [5, 5.41) is 2.91. The summed E-state index contributed by atoms with van der Waals surface area (Å²) in [5.74, 6) is 0.312. The summed E-state index contributed by atoms with van der Waals surface area (Å²) < 4.78 is 0. The number of carbonyl (C=O) groups excluding carboxylic acids is 2. The van der Waals surface area contributed by atoms with E-state index in [0.29, 0.717) is 30.1 Å². The van der Waals surface area contributed by atoms with Crippen molar-refractivity contribution < 1.29 is 9.59 Å². The Morgan fingerprint density at radius 1 is 1.22 bits per heavy atom. The molecule has 1 atom stereocenters. The quantitative estimate of drug-likeness (QED) is 0.890. The number of benzene rings is 1. The van der Waals surface area contributed by atoms with E-state index in [1.165, 1.54) is 0 Å². The maximum absolute atomic E-state index is 12.4. The fourth-order valence-electron chi connectivity index (χ4n) is 2.60. The van der Waals surface area contributed by atoms with Gasteiger partial charge in [0, 0.05) is 30.8 Å². The van der Waals surface area contributed by atoms with Gasteiger partial charge in [-0.25, -0.2) is 0 Å². The number of rotatable bonds is 4. The van der Waals surface area contributed by atoms with Crippen LogP contribution in [0.2, 0.25) is 0 Å². The summed E-state index contributed by atoms with van der Waals surface area (Å²) in [6, 6.07) is 6.87. The van der Waals surface area contributed by atoms with Crippen molar-refractivity contribution in [1.29, 1.82) is 0 Å². The lowest BCUT2D eigenvalue weighted by Crippen LogP contribution is -2.32. The predicted molar refractivity (Wildman–Crippen MR) is 91.3 cm³/mol. The molecule has 1 unspecified atom stereocenters. The highest BCUT2D eigenvalue weighted by Gasteiger charge is 2.26. The van der Waals surface area contributed by atoms with Crippen LogP contribution in [0.1, 0.15) is 47.9 Å². The molecule has 0 radical (unpaired) electrons. The largest absolute Gasteiger partial charge is 0.352 e. The second-order valence-corrected chi connectivity index (χ2v) is 7.46. The van der Waals surface area contributed by atoms with E-state index in [1.54, 1.807) is 24.3 Å². The molecule has 1 aromatic rings. The number of amides is 2. The highest BCUT2D eigenvalue weighted by atomic mass is 16.2. The Bertz CT molecular complexity index is 561. The molecule has 0 aliphatic carbocycles. The molecule has 5 heteroatoms. The molecule has 0 aromatic heterocycles. The highest BCUT2D eigenvalue weighted by molar-refractivity contribution is 5.97. The van der Waals surface area contributed by atoms with Crippen molar-refractivity contribution in [3.63, 3.8) is 0 Å². The van der Waals surface area contributed by atoms with Crippen LogP contribution < -0.4 is 11.1 Å². The van der Waals surface area contributed by atoms with Crippen LogP contribution in [-0.4, -0.2) is 42.9 Å². The van der Waals surface area contributed by atoms with Crippen molar-refractivity contribution in [2.24, 2.45) is 17.1 Å². The molecular formula is C18H27N3O2. The predicted octanol–water partition coefficient (Wildman–Crippen LogP) is 1.88. The Hall–Kier alpha value is -1.88. The van der Waals surface area contributed by atoms with E-state index in [1.807, 2.05) is 4.90 Å². The van der Waals surface area contributed by atoms with Gasteiger partial charge in [0.1, 0.15) is 0 Å². The molecule has 1 saturated heterocycles. The van der Waals surface area contributed by atoms with Crippen molar-refractivity contribution >= 4 is 11.8 Å². The normalized spacial score (nSPS) is 18.1. The zero-order valence-electron chi connectivity index (χ0n) is 14.3. The molecule has 1 aliphatic heterocycles. The number of hydrogen-bond acceptors (Lipinski definition) is 3. The molecule has 0 spiro atoms. The average Bonchev–Trinajstić information content (AvgIpc) is 3.00. The number of nitrogens with two attached hydrogens (primary N) is 1. The fourth-order valence-corrected chi connectivity index (χ4v) is 2.60. The zero-order chi connectivity index (χ0) is 17.0. The van der Waals surface area contributed by atoms with Crippen molar-refractivity contribution in [3.8, 4) is 0 Å². The van der Waals surface area contributed by atoms with Crippen LogP contribution in [0.3, 0.4) is 0 Å². The lowest BCUT2D eigenvalue weighted by molar-refractivity contribution is 0.0787. The van der Waals surface area contributed by atoms with Crippen molar-refractivity contribution in [3.05, 3.63) is 35.4 Å². The van der Waals surface area contributed by atoms with Gasteiger partial charge in [-0.15, -0.1) is 0 Å².